The van der Waals surface area contributed by atoms with Gasteiger partial charge in [-0.1, -0.05) is 26.2 Å². The third kappa shape index (κ3) is 4.78. The van der Waals surface area contributed by atoms with Crippen LogP contribution in [-0.4, -0.2) is 12.6 Å². The van der Waals surface area contributed by atoms with E-state index in [2.05, 4.69) is 0 Å². The van der Waals surface area contributed by atoms with Crippen molar-refractivity contribution in [1.82, 2.24) is 0 Å². The number of benzene rings is 1. The van der Waals surface area contributed by atoms with Gasteiger partial charge in [0.05, 0.1) is 6.61 Å². The molecule has 1 aliphatic carbocycles. The van der Waals surface area contributed by atoms with Gasteiger partial charge in [0.15, 0.2) is 0 Å². The summed E-state index contributed by atoms with van der Waals surface area (Å²) in [5.41, 5.74) is 6.86. The third-order valence-electron chi connectivity index (χ3n) is 4.16. The molecule has 0 amide bonds. The lowest BCUT2D eigenvalue weighted by Gasteiger charge is -2.22. The average molecular weight is 279 g/mol. The Balaban J connectivity index is 1.92. The number of halogens is 1. The van der Waals surface area contributed by atoms with Crippen LogP contribution in [0.4, 0.5) is 4.39 Å². The molecule has 20 heavy (non-hydrogen) atoms. The molecule has 0 aliphatic heterocycles. The highest BCUT2D eigenvalue weighted by molar-refractivity contribution is 5.30. The minimum atomic E-state index is -0.232. The Morgan fingerprint density at radius 2 is 2.00 bits per heavy atom. The van der Waals surface area contributed by atoms with Gasteiger partial charge in [0, 0.05) is 12.1 Å². The van der Waals surface area contributed by atoms with E-state index in [9.17, 15) is 4.39 Å². The lowest BCUT2D eigenvalue weighted by molar-refractivity contribution is 0.208. The predicted octanol–water partition coefficient (Wildman–Crippen LogP) is 4.06. The van der Waals surface area contributed by atoms with Gasteiger partial charge in [-0.2, -0.15) is 0 Å². The smallest absolute Gasteiger partial charge is 0.127 e. The molecule has 1 fully saturated rings. The summed E-state index contributed by atoms with van der Waals surface area (Å²) in [6.07, 6.45) is 8.02. The van der Waals surface area contributed by atoms with Gasteiger partial charge in [-0.05, 0) is 49.3 Å². The molecule has 0 bridgehead atoms. The molecule has 1 unspecified atom stereocenters. The molecule has 2 rings (SSSR count). The van der Waals surface area contributed by atoms with Crippen molar-refractivity contribution < 1.29 is 9.13 Å². The van der Waals surface area contributed by atoms with E-state index in [0.29, 0.717) is 24.7 Å². The van der Waals surface area contributed by atoms with Crippen LogP contribution in [0.1, 0.15) is 51.0 Å². The molecule has 2 N–H and O–H groups in total. The summed E-state index contributed by atoms with van der Waals surface area (Å²) >= 11 is 0. The summed E-state index contributed by atoms with van der Waals surface area (Å²) in [5.74, 6) is 1.05. The maximum Gasteiger partial charge on any atom is 0.127 e. The van der Waals surface area contributed by atoms with Crippen LogP contribution in [0.2, 0.25) is 0 Å². The topological polar surface area (TPSA) is 35.2 Å². The van der Waals surface area contributed by atoms with Crippen LogP contribution in [-0.2, 0) is 6.42 Å². The Hall–Kier alpha value is -1.09. The summed E-state index contributed by atoms with van der Waals surface area (Å²) in [4.78, 5) is 0. The highest BCUT2D eigenvalue weighted by atomic mass is 19.1. The molecule has 0 radical (unpaired) electrons. The third-order valence-corrected chi connectivity index (χ3v) is 4.16. The molecule has 1 aliphatic rings. The van der Waals surface area contributed by atoms with Crippen molar-refractivity contribution >= 4 is 0 Å². The lowest BCUT2D eigenvalue weighted by Crippen LogP contribution is -2.21. The summed E-state index contributed by atoms with van der Waals surface area (Å²) < 4.78 is 19.4. The predicted molar refractivity (Wildman–Crippen MR) is 80.4 cm³/mol. The highest BCUT2D eigenvalue weighted by Gasteiger charge is 2.14. The minimum absolute atomic E-state index is 0.0861. The molecule has 0 spiro atoms. The van der Waals surface area contributed by atoms with Crippen molar-refractivity contribution in [2.45, 2.75) is 57.9 Å². The first kappa shape index (κ1) is 15.3. The summed E-state index contributed by atoms with van der Waals surface area (Å²) in [6.45, 7) is 2.76. The van der Waals surface area contributed by atoms with Gasteiger partial charge in [-0.25, -0.2) is 4.39 Å². The number of hydrogen-bond donors (Lipinski definition) is 1. The second kappa shape index (κ2) is 7.63. The molecule has 1 aromatic carbocycles. The van der Waals surface area contributed by atoms with Crippen molar-refractivity contribution in [1.29, 1.82) is 0 Å². The zero-order valence-electron chi connectivity index (χ0n) is 12.4. The number of nitrogens with two attached hydrogens (primary N) is 1. The number of rotatable bonds is 6. The Labute approximate surface area is 121 Å². The average Bonchev–Trinajstić information content (AvgIpc) is 2.45. The summed E-state index contributed by atoms with van der Waals surface area (Å²) in [7, 11) is 0. The van der Waals surface area contributed by atoms with Gasteiger partial charge in [-0.15, -0.1) is 0 Å². The molecule has 1 atom stereocenters. The maximum absolute atomic E-state index is 13.6. The van der Waals surface area contributed by atoms with Gasteiger partial charge in [0.2, 0.25) is 0 Å². The number of hydrogen-bond acceptors (Lipinski definition) is 2. The van der Waals surface area contributed by atoms with Crippen LogP contribution < -0.4 is 10.5 Å². The van der Waals surface area contributed by atoms with Crippen molar-refractivity contribution in [2.24, 2.45) is 11.7 Å². The van der Waals surface area contributed by atoms with E-state index < -0.39 is 0 Å². The lowest BCUT2D eigenvalue weighted by atomic mass is 9.90. The van der Waals surface area contributed by atoms with Crippen molar-refractivity contribution in [3.05, 3.63) is 29.6 Å². The van der Waals surface area contributed by atoms with Crippen LogP contribution >= 0.6 is 0 Å². The molecule has 0 saturated heterocycles. The Kier molecular flexibility index (Phi) is 5.84. The SMILES string of the molecule is CCC(N)Cc1cc(F)cc(OCC2CCCCC2)c1. The molecule has 112 valence electrons. The molecule has 2 nitrogen and oxygen atoms in total. The fraction of sp³-hybridized carbons (Fsp3) is 0.647. The summed E-state index contributed by atoms with van der Waals surface area (Å²) in [6, 6.07) is 5.05. The second-order valence-corrected chi connectivity index (χ2v) is 5.98. The number of ether oxygens (including phenoxy) is 1. The first-order valence-corrected chi connectivity index (χ1v) is 7.85. The molecule has 1 saturated carbocycles. The molecular formula is C17H26FNO. The molecular weight excluding hydrogens is 253 g/mol. The Morgan fingerprint density at radius 3 is 2.70 bits per heavy atom. The van der Waals surface area contributed by atoms with E-state index in [1.165, 1.54) is 38.2 Å². The second-order valence-electron chi connectivity index (χ2n) is 5.98. The zero-order valence-corrected chi connectivity index (χ0v) is 12.4. The normalized spacial score (nSPS) is 17.9. The molecule has 0 heterocycles. The summed E-state index contributed by atoms with van der Waals surface area (Å²) in [5, 5.41) is 0. The van der Waals surface area contributed by atoms with Crippen LogP contribution in [0.3, 0.4) is 0 Å². The zero-order chi connectivity index (χ0) is 14.4. The van der Waals surface area contributed by atoms with Crippen molar-refractivity contribution in [2.75, 3.05) is 6.61 Å². The molecule has 3 heteroatoms. The van der Waals surface area contributed by atoms with E-state index in [1.807, 2.05) is 13.0 Å². The van der Waals surface area contributed by atoms with E-state index in [0.717, 1.165) is 12.0 Å². The van der Waals surface area contributed by atoms with Crippen molar-refractivity contribution in [3.63, 3.8) is 0 Å². The van der Waals surface area contributed by atoms with E-state index in [4.69, 9.17) is 10.5 Å². The first-order chi connectivity index (χ1) is 9.67. The minimum Gasteiger partial charge on any atom is -0.493 e. The maximum atomic E-state index is 13.6. The highest BCUT2D eigenvalue weighted by Crippen LogP contribution is 2.25. The fourth-order valence-corrected chi connectivity index (χ4v) is 2.84. The van der Waals surface area contributed by atoms with Crippen LogP contribution in [0.5, 0.6) is 5.75 Å². The van der Waals surface area contributed by atoms with E-state index in [1.54, 1.807) is 6.07 Å². The quantitative estimate of drug-likeness (QED) is 0.852. The first-order valence-electron chi connectivity index (χ1n) is 7.85. The Bertz CT molecular complexity index is 415. The molecule has 0 aromatic heterocycles. The van der Waals surface area contributed by atoms with Crippen LogP contribution in [0.15, 0.2) is 18.2 Å². The standard InChI is InChI=1S/C17H26FNO/c1-2-16(19)9-14-8-15(18)11-17(10-14)20-12-13-6-4-3-5-7-13/h8,10-11,13,16H,2-7,9,12,19H2,1H3. The van der Waals surface area contributed by atoms with Crippen LogP contribution in [0, 0.1) is 11.7 Å². The van der Waals surface area contributed by atoms with Crippen molar-refractivity contribution in [3.8, 4) is 5.75 Å². The van der Waals surface area contributed by atoms with Gasteiger partial charge in [0.25, 0.3) is 0 Å². The Morgan fingerprint density at radius 1 is 1.25 bits per heavy atom. The van der Waals surface area contributed by atoms with E-state index in [-0.39, 0.29) is 11.9 Å². The molecule has 1 aromatic rings. The van der Waals surface area contributed by atoms with Gasteiger partial charge in [0.1, 0.15) is 11.6 Å². The largest absolute Gasteiger partial charge is 0.493 e. The fourth-order valence-electron chi connectivity index (χ4n) is 2.84. The van der Waals surface area contributed by atoms with E-state index >= 15 is 0 Å². The van der Waals surface area contributed by atoms with Gasteiger partial charge in [-0.3, -0.25) is 0 Å². The van der Waals surface area contributed by atoms with Crippen LogP contribution in [0.25, 0.3) is 0 Å². The van der Waals surface area contributed by atoms with Gasteiger partial charge < -0.3 is 10.5 Å². The monoisotopic (exact) mass is 279 g/mol. The van der Waals surface area contributed by atoms with Gasteiger partial charge >= 0.3 is 0 Å².